The summed E-state index contributed by atoms with van der Waals surface area (Å²) in [5, 5.41) is 1.91. The summed E-state index contributed by atoms with van der Waals surface area (Å²) in [6.45, 7) is 8.20. The topological polar surface area (TPSA) is 59.0 Å². The summed E-state index contributed by atoms with van der Waals surface area (Å²) in [5.41, 5.74) is 1.71. The second-order valence-corrected chi connectivity index (χ2v) is 9.78. The lowest BCUT2D eigenvalue weighted by atomic mass is 9.84. The van der Waals surface area contributed by atoms with Gasteiger partial charge < -0.3 is 4.90 Å². The van der Waals surface area contributed by atoms with Gasteiger partial charge in [-0.05, 0) is 56.2 Å². The van der Waals surface area contributed by atoms with Crippen molar-refractivity contribution in [1.82, 2.24) is 15.0 Å². The number of para-hydroxylation sites is 1. The number of nitrogens with zero attached hydrogens (tertiary/aromatic N) is 4. The number of carbonyl (C=O) groups excluding carboxylic acids is 1. The van der Waals surface area contributed by atoms with Crippen LogP contribution in [0, 0.1) is 18.8 Å². The van der Waals surface area contributed by atoms with Crippen LogP contribution in [0.1, 0.15) is 62.6 Å². The first-order valence-corrected chi connectivity index (χ1v) is 12.9. The molecule has 2 heterocycles. The Labute approximate surface area is 203 Å². The fourth-order valence-corrected chi connectivity index (χ4v) is 4.36. The van der Waals surface area contributed by atoms with Gasteiger partial charge in [0, 0.05) is 31.2 Å². The molecule has 4 rings (SSSR count). The van der Waals surface area contributed by atoms with Gasteiger partial charge in [-0.2, -0.15) is 0 Å². The van der Waals surface area contributed by atoms with Crippen LogP contribution in [-0.4, -0.2) is 41.1 Å². The third-order valence-electron chi connectivity index (χ3n) is 5.77. The average molecular weight is 467 g/mol. The lowest BCUT2D eigenvalue weighted by Crippen LogP contribution is -2.12. The lowest BCUT2D eigenvalue weighted by molar-refractivity contribution is 0.101. The summed E-state index contributed by atoms with van der Waals surface area (Å²) in [6, 6.07) is 11.6. The van der Waals surface area contributed by atoms with Crippen molar-refractivity contribution in [2.24, 2.45) is 11.8 Å². The van der Waals surface area contributed by atoms with E-state index in [2.05, 4.69) is 28.8 Å². The van der Waals surface area contributed by atoms with E-state index in [-0.39, 0.29) is 5.78 Å². The van der Waals surface area contributed by atoms with Crippen molar-refractivity contribution in [3.8, 4) is 0 Å². The molecular weight excluding hydrogens is 428 g/mol. The Morgan fingerprint density at radius 3 is 2.09 bits per heavy atom. The molecule has 33 heavy (non-hydrogen) atoms. The number of ketones is 1. The zero-order valence-electron chi connectivity index (χ0n) is 21.1. The molecule has 0 aliphatic heterocycles. The molecule has 1 saturated carbocycles. The van der Waals surface area contributed by atoms with Gasteiger partial charge in [-0.1, -0.05) is 51.7 Å². The fraction of sp³-hybridized carbons (Fsp3) is 0.481. The van der Waals surface area contributed by atoms with Gasteiger partial charge in [-0.3, -0.25) is 4.79 Å². The predicted octanol–water partition coefficient (Wildman–Crippen LogP) is 6.84. The monoisotopic (exact) mass is 466 g/mol. The van der Waals surface area contributed by atoms with Crippen molar-refractivity contribution in [3.05, 3.63) is 54.0 Å². The number of Topliss-reactive ketones (excluding diaryl/α,β-unsaturated/α-hetero) is 1. The molecule has 0 bridgehead atoms. The number of rotatable bonds is 3. The van der Waals surface area contributed by atoms with Crippen molar-refractivity contribution < 1.29 is 4.79 Å². The van der Waals surface area contributed by atoms with Crippen LogP contribution in [0.4, 0.5) is 5.82 Å². The Kier molecular flexibility index (Phi) is 10.8. The highest BCUT2D eigenvalue weighted by Crippen LogP contribution is 2.27. The highest BCUT2D eigenvalue weighted by molar-refractivity contribution is 7.98. The van der Waals surface area contributed by atoms with Crippen LogP contribution in [0.15, 0.2) is 47.6 Å². The molecule has 1 aliphatic carbocycles. The smallest absolute Gasteiger partial charge is 0.162 e. The Bertz CT molecular complexity index is 1020. The maximum absolute atomic E-state index is 11.0. The number of hydrogen-bond acceptors (Lipinski definition) is 6. The lowest BCUT2D eigenvalue weighted by Gasteiger charge is -2.22. The molecule has 3 aromatic rings. The zero-order valence-corrected chi connectivity index (χ0v) is 21.9. The van der Waals surface area contributed by atoms with Crippen molar-refractivity contribution in [2.45, 2.75) is 58.4 Å². The van der Waals surface area contributed by atoms with Crippen molar-refractivity contribution in [3.63, 3.8) is 0 Å². The summed E-state index contributed by atoms with van der Waals surface area (Å²) < 4.78 is 0. The Hall–Kier alpha value is -2.47. The molecule has 0 radical (unpaired) electrons. The van der Waals surface area contributed by atoms with Crippen LogP contribution in [0.5, 0.6) is 0 Å². The molecular formula is C27H38N4OS. The maximum atomic E-state index is 11.0. The number of pyridine rings is 1. The van der Waals surface area contributed by atoms with Crippen molar-refractivity contribution in [1.29, 1.82) is 0 Å². The number of anilines is 1. The molecule has 1 aliphatic rings. The van der Waals surface area contributed by atoms with E-state index in [1.165, 1.54) is 37.4 Å². The van der Waals surface area contributed by atoms with Gasteiger partial charge >= 0.3 is 0 Å². The second-order valence-electron chi connectivity index (χ2n) is 8.99. The standard InChI is InChI=1S/C11H13N3.C8H9NOS.C8H16/c1-8-12-10-7-5-4-6-9(10)11(13-8)14(2)3;1-6(10)7-4-3-5-9-8(7)11-2;1-7-3-5-8(2)6-4-7/h4-7H,1-3H3;3-5H,1-2H3;7-8H,3-6H2,1-2H3. The quantitative estimate of drug-likeness (QED) is 0.311. The molecule has 5 nitrogen and oxygen atoms in total. The molecule has 0 unspecified atom stereocenters. The Morgan fingerprint density at radius 2 is 1.58 bits per heavy atom. The predicted molar refractivity (Wildman–Crippen MR) is 141 cm³/mol. The number of fused-ring (bicyclic) bond motifs is 1. The van der Waals surface area contributed by atoms with Gasteiger partial charge in [0.2, 0.25) is 0 Å². The fourth-order valence-electron chi connectivity index (χ4n) is 3.76. The first-order chi connectivity index (χ1) is 15.7. The van der Waals surface area contributed by atoms with Crippen LogP contribution in [0.3, 0.4) is 0 Å². The van der Waals surface area contributed by atoms with Gasteiger partial charge in [-0.15, -0.1) is 11.8 Å². The maximum Gasteiger partial charge on any atom is 0.162 e. The third kappa shape index (κ3) is 8.43. The molecule has 0 saturated heterocycles. The van der Waals surface area contributed by atoms with E-state index in [9.17, 15) is 4.79 Å². The highest BCUT2D eigenvalue weighted by atomic mass is 32.2. The van der Waals surface area contributed by atoms with Crippen molar-refractivity contribution >= 4 is 34.3 Å². The molecule has 1 fully saturated rings. The molecule has 0 amide bonds. The average Bonchev–Trinajstić information content (AvgIpc) is 2.81. The summed E-state index contributed by atoms with van der Waals surface area (Å²) in [5.74, 6) is 3.90. The van der Waals surface area contributed by atoms with Crippen LogP contribution in [-0.2, 0) is 0 Å². The minimum atomic E-state index is 0.0717. The molecule has 6 heteroatoms. The highest BCUT2D eigenvalue weighted by Gasteiger charge is 2.13. The Morgan fingerprint density at radius 1 is 0.970 bits per heavy atom. The van der Waals surface area contributed by atoms with Crippen LogP contribution in [0.25, 0.3) is 10.9 Å². The van der Waals surface area contributed by atoms with E-state index in [1.807, 2.05) is 56.4 Å². The van der Waals surface area contributed by atoms with Gasteiger partial charge in [0.1, 0.15) is 16.7 Å². The number of aromatic nitrogens is 3. The van der Waals surface area contributed by atoms with E-state index < -0.39 is 0 Å². The summed E-state index contributed by atoms with van der Waals surface area (Å²) in [7, 11) is 3.99. The zero-order chi connectivity index (χ0) is 24.4. The largest absolute Gasteiger partial charge is 0.362 e. The van der Waals surface area contributed by atoms with Crippen LogP contribution >= 0.6 is 11.8 Å². The van der Waals surface area contributed by atoms with E-state index in [0.29, 0.717) is 5.56 Å². The molecule has 1 aromatic carbocycles. The summed E-state index contributed by atoms with van der Waals surface area (Å²) in [6.07, 6.45) is 9.50. The number of thioether (sulfide) groups is 1. The minimum absolute atomic E-state index is 0.0717. The third-order valence-corrected chi connectivity index (χ3v) is 6.48. The number of carbonyl (C=O) groups is 1. The van der Waals surface area contributed by atoms with E-state index in [0.717, 1.165) is 39.4 Å². The SMILES string of the molecule is CC1CCC(C)CC1.CSc1ncccc1C(C)=O.Cc1nc(N(C)C)c2ccccc2n1. The molecule has 0 atom stereocenters. The van der Waals surface area contributed by atoms with E-state index in [4.69, 9.17) is 0 Å². The van der Waals surface area contributed by atoms with Gasteiger partial charge in [0.05, 0.1) is 5.52 Å². The normalized spacial score (nSPS) is 17.3. The summed E-state index contributed by atoms with van der Waals surface area (Å²) in [4.78, 5) is 25.8. The van der Waals surface area contributed by atoms with Gasteiger partial charge in [-0.25, -0.2) is 15.0 Å². The molecule has 0 spiro atoms. The van der Waals surface area contributed by atoms with Crippen LogP contribution in [0.2, 0.25) is 0 Å². The molecule has 0 N–H and O–H groups in total. The number of aryl methyl sites for hydroxylation is 1. The molecule has 178 valence electrons. The minimum Gasteiger partial charge on any atom is -0.362 e. The Balaban J connectivity index is 0.000000182. The first kappa shape index (κ1) is 26.8. The van der Waals surface area contributed by atoms with Gasteiger partial charge in [0.15, 0.2) is 5.78 Å². The first-order valence-electron chi connectivity index (χ1n) is 11.6. The number of hydrogen-bond donors (Lipinski definition) is 0. The second kappa shape index (κ2) is 13.3. The van der Waals surface area contributed by atoms with Crippen LogP contribution < -0.4 is 4.90 Å². The summed E-state index contributed by atoms with van der Waals surface area (Å²) >= 11 is 1.49. The van der Waals surface area contributed by atoms with Crippen molar-refractivity contribution in [2.75, 3.05) is 25.3 Å². The van der Waals surface area contributed by atoms with E-state index >= 15 is 0 Å². The number of benzene rings is 1. The molecule has 2 aromatic heterocycles. The van der Waals surface area contributed by atoms with E-state index in [1.54, 1.807) is 25.3 Å². The van der Waals surface area contributed by atoms with Gasteiger partial charge in [0.25, 0.3) is 0 Å².